The van der Waals surface area contributed by atoms with E-state index in [-0.39, 0.29) is 30.2 Å². The fraction of sp³-hybridized carbons (Fsp3) is 0.333. The minimum absolute atomic E-state index is 0.102. The number of benzene rings is 1. The van der Waals surface area contributed by atoms with Crippen molar-refractivity contribution in [1.82, 2.24) is 24.2 Å². The second kappa shape index (κ2) is 7.47. The Labute approximate surface area is 149 Å². The number of hydrogen-bond acceptors (Lipinski definition) is 4. The topological polar surface area (TPSA) is 73.0 Å². The molecule has 0 saturated carbocycles. The summed E-state index contributed by atoms with van der Waals surface area (Å²) in [7, 11) is 1.72. The minimum Gasteiger partial charge on any atom is -0.339 e. The summed E-state index contributed by atoms with van der Waals surface area (Å²) in [6.07, 6.45) is 3.07. The Morgan fingerprint density at radius 1 is 1.35 bits per heavy atom. The molecule has 26 heavy (non-hydrogen) atoms. The van der Waals surface area contributed by atoms with Crippen LogP contribution in [0, 0.1) is 5.82 Å². The van der Waals surface area contributed by atoms with Crippen LogP contribution in [0.1, 0.15) is 18.9 Å². The zero-order valence-corrected chi connectivity index (χ0v) is 14.7. The van der Waals surface area contributed by atoms with Crippen LogP contribution in [-0.2, 0) is 24.9 Å². The summed E-state index contributed by atoms with van der Waals surface area (Å²) in [4.78, 5) is 30.8. The Balaban J connectivity index is 1.69. The molecule has 0 spiro atoms. The quantitative estimate of drug-likeness (QED) is 0.673. The van der Waals surface area contributed by atoms with Gasteiger partial charge in [0.25, 0.3) is 5.56 Å². The molecule has 3 aromatic rings. The van der Waals surface area contributed by atoms with E-state index in [0.29, 0.717) is 24.1 Å². The number of aryl methyl sites for hydroxylation is 2. The molecule has 0 radical (unpaired) electrons. The third-order valence-corrected chi connectivity index (χ3v) is 4.28. The lowest BCUT2D eigenvalue weighted by molar-refractivity contribution is -0.131. The van der Waals surface area contributed by atoms with Crippen molar-refractivity contribution in [2.45, 2.75) is 26.4 Å². The van der Waals surface area contributed by atoms with E-state index in [1.807, 2.05) is 6.92 Å². The molecule has 0 fully saturated rings. The van der Waals surface area contributed by atoms with Crippen LogP contribution < -0.4 is 5.56 Å². The third kappa shape index (κ3) is 3.63. The molecule has 1 amide bonds. The summed E-state index contributed by atoms with van der Waals surface area (Å²) in [6, 6.07) is 6.19. The van der Waals surface area contributed by atoms with E-state index in [0.717, 1.165) is 5.56 Å². The molecule has 0 bridgehead atoms. The molecule has 2 heterocycles. The number of carbonyl (C=O) groups excluding carboxylic acids is 1. The van der Waals surface area contributed by atoms with Crippen LogP contribution in [0.5, 0.6) is 0 Å². The Hall–Kier alpha value is -3.03. The van der Waals surface area contributed by atoms with Crippen LogP contribution in [0.25, 0.3) is 11.0 Å². The molecule has 0 aliphatic carbocycles. The maximum absolute atomic E-state index is 13.3. The van der Waals surface area contributed by atoms with Crippen molar-refractivity contribution in [1.29, 1.82) is 0 Å². The Morgan fingerprint density at radius 2 is 2.15 bits per heavy atom. The number of hydrogen-bond donors (Lipinski definition) is 0. The Kier molecular flexibility index (Phi) is 5.11. The molecule has 1 aromatic carbocycles. The highest BCUT2D eigenvalue weighted by Gasteiger charge is 2.14. The maximum Gasteiger partial charge on any atom is 0.264 e. The van der Waals surface area contributed by atoms with Gasteiger partial charge in [-0.25, -0.2) is 9.37 Å². The van der Waals surface area contributed by atoms with Crippen molar-refractivity contribution in [3.8, 4) is 0 Å². The molecule has 0 aliphatic rings. The number of rotatable bonds is 6. The summed E-state index contributed by atoms with van der Waals surface area (Å²) in [5.74, 6) is -0.427. The standard InChI is InChI=1S/C18H20FN5O2/c1-3-23(11-13-5-4-6-14(19)9-13)16(25)7-8-24-12-20-17-15(18(24)26)10-21-22(17)2/h4-6,9-10,12H,3,7-8,11H2,1-2H3. The highest BCUT2D eigenvalue weighted by atomic mass is 19.1. The highest BCUT2D eigenvalue weighted by molar-refractivity contribution is 5.76. The van der Waals surface area contributed by atoms with Crippen molar-refractivity contribution in [2.75, 3.05) is 6.54 Å². The van der Waals surface area contributed by atoms with E-state index in [1.165, 1.54) is 33.9 Å². The van der Waals surface area contributed by atoms with Gasteiger partial charge in [0.05, 0.1) is 12.5 Å². The molecule has 8 heteroatoms. The van der Waals surface area contributed by atoms with E-state index in [9.17, 15) is 14.0 Å². The molecule has 0 N–H and O–H groups in total. The number of carbonyl (C=O) groups is 1. The van der Waals surface area contributed by atoms with Gasteiger partial charge in [-0.05, 0) is 24.6 Å². The first-order chi connectivity index (χ1) is 12.5. The number of nitrogens with zero attached hydrogens (tertiary/aromatic N) is 5. The van der Waals surface area contributed by atoms with Gasteiger partial charge >= 0.3 is 0 Å². The molecular weight excluding hydrogens is 337 g/mol. The predicted octanol–water partition coefficient (Wildman–Crippen LogP) is 1.71. The monoisotopic (exact) mass is 357 g/mol. The van der Waals surface area contributed by atoms with E-state index >= 15 is 0 Å². The fourth-order valence-corrected chi connectivity index (χ4v) is 2.83. The average Bonchev–Trinajstić information content (AvgIpc) is 3.01. The van der Waals surface area contributed by atoms with Crippen LogP contribution in [0.15, 0.2) is 41.6 Å². The molecule has 0 aliphatic heterocycles. The molecule has 136 valence electrons. The van der Waals surface area contributed by atoms with Crippen molar-refractivity contribution in [3.63, 3.8) is 0 Å². The van der Waals surface area contributed by atoms with Crippen LogP contribution in [0.2, 0.25) is 0 Å². The van der Waals surface area contributed by atoms with E-state index < -0.39 is 0 Å². The molecule has 0 unspecified atom stereocenters. The maximum atomic E-state index is 13.3. The predicted molar refractivity (Wildman–Crippen MR) is 94.9 cm³/mol. The number of fused-ring (bicyclic) bond motifs is 1. The van der Waals surface area contributed by atoms with Crippen LogP contribution in [0.3, 0.4) is 0 Å². The van der Waals surface area contributed by atoms with Crippen molar-refractivity contribution in [3.05, 3.63) is 58.5 Å². The van der Waals surface area contributed by atoms with Crippen molar-refractivity contribution in [2.24, 2.45) is 7.05 Å². The van der Waals surface area contributed by atoms with Crippen molar-refractivity contribution < 1.29 is 9.18 Å². The molecule has 2 aromatic heterocycles. The smallest absolute Gasteiger partial charge is 0.264 e. The van der Waals surface area contributed by atoms with E-state index in [2.05, 4.69) is 10.1 Å². The molecule has 0 atom stereocenters. The first-order valence-corrected chi connectivity index (χ1v) is 8.39. The van der Waals surface area contributed by atoms with Gasteiger partial charge < -0.3 is 4.90 Å². The minimum atomic E-state index is -0.326. The summed E-state index contributed by atoms with van der Waals surface area (Å²) in [5, 5.41) is 4.45. The second-order valence-electron chi connectivity index (χ2n) is 6.04. The first-order valence-electron chi connectivity index (χ1n) is 8.39. The van der Waals surface area contributed by atoms with Gasteiger partial charge in [0.1, 0.15) is 11.2 Å². The van der Waals surface area contributed by atoms with Gasteiger partial charge in [0.15, 0.2) is 5.65 Å². The Bertz CT molecular complexity index is 995. The van der Waals surface area contributed by atoms with Gasteiger partial charge in [-0.15, -0.1) is 0 Å². The zero-order chi connectivity index (χ0) is 18.7. The summed E-state index contributed by atoms with van der Waals surface area (Å²) in [6.45, 7) is 2.94. The SMILES string of the molecule is CCN(Cc1cccc(F)c1)C(=O)CCn1cnc2c(cnn2C)c1=O. The summed E-state index contributed by atoms with van der Waals surface area (Å²) >= 11 is 0. The largest absolute Gasteiger partial charge is 0.339 e. The molecular formula is C18H20FN5O2. The third-order valence-electron chi connectivity index (χ3n) is 4.28. The van der Waals surface area contributed by atoms with Crippen LogP contribution >= 0.6 is 0 Å². The summed E-state index contributed by atoms with van der Waals surface area (Å²) < 4.78 is 16.3. The van der Waals surface area contributed by atoms with E-state index in [4.69, 9.17) is 0 Å². The van der Waals surface area contributed by atoms with Gasteiger partial charge in [-0.1, -0.05) is 12.1 Å². The Morgan fingerprint density at radius 3 is 2.88 bits per heavy atom. The lowest BCUT2D eigenvalue weighted by atomic mass is 10.2. The van der Waals surface area contributed by atoms with Gasteiger partial charge in [0, 0.05) is 33.1 Å². The summed E-state index contributed by atoms with van der Waals surface area (Å²) in [5.41, 5.74) is 1.03. The molecule has 0 saturated heterocycles. The fourth-order valence-electron chi connectivity index (χ4n) is 2.83. The molecule has 7 nitrogen and oxygen atoms in total. The number of amides is 1. The van der Waals surface area contributed by atoms with Crippen LogP contribution in [0.4, 0.5) is 4.39 Å². The lowest BCUT2D eigenvalue weighted by Gasteiger charge is -2.21. The molecule has 3 rings (SSSR count). The highest BCUT2D eigenvalue weighted by Crippen LogP contribution is 2.09. The van der Waals surface area contributed by atoms with Gasteiger partial charge in [-0.2, -0.15) is 5.10 Å². The average molecular weight is 357 g/mol. The zero-order valence-electron chi connectivity index (χ0n) is 14.7. The first kappa shape index (κ1) is 17.8. The lowest BCUT2D eigenvalue weighted by Crippen LogP contribution is -2.32. The normalized spacial score (nSPS) is 11.0. The van der Waals surface area contributed by atoms with Gasteiger partial charge in [0.2, 0.25) is 5.91 Å². The number of halogens is 1. The van der Waals surface area contributed by atoms with Crippen molar-refractivity contribution >= 4 is 16.9 Å². The number of aromatic nitrogens is 4. The second-order valence-corrected chi connectivity index (χ2v) is 6.04. The van der Waals surface area contributed by atoms with Crippen LogP contribution in [-0.4, -0.2) is 36.7 Å². The van der Waals surface area contributed by atoms with Gasteiger partial charge in [-0.3, -0.25) is 18.8 Å². The van der Waals surface area contributed by atoms with E-state index in [1.54, 1.807) is 24.1 Å².